The average Bonchev–Trinajstić information content (AvgIpc) is 2.55. The number of hydrogen-bond donors (Lipinski definition) is 0. The zero-order valence-electron chi connectivity index (χ0n) is 12.4. The molecule has 1 fully saturated rings. The van der Waals surface area contributed by atoms with Gasteiger partial charge in [0.25, 0.3) is 5.92 Å². The van der Waals surface area contributed by atoms with Crippen molar-refractivity contribution in [1.29, 1.82) is 5.26 Å². The Morgan fingerprint density at radius 3 is 2.39 bits per heavy atom. The van der Waals surface area contributed by atoms with Crippen molar-refractivity contribution in [3.63, 3.8) is 0 Å². The second-order valence-corrected chi connectivity index (χ2v) is 5.67. The van der Waals surface area contributed by atoms with E-state index in [-0.39, 0.29) is 31.7 Å². The summed E-state index contributed by atoms with van der Waals surface area (Å²) in [5.74, 6) is -3.00. The van der Waals surface area contributed by atoms with E-state index >= 15 is 0 Å². The molecule has 5 heteroatoms. The summed E-state index contributed by atoms with van der Waals surface area (Å²) in [5, 5.41) is 9.27. The van der Waals surface area contributed by atoms with Gasteiger partial charge in [-0.05, 0) is 23.8 Å². The van der Waals surface area contributed by atoms with Crippen molar-refractivity contribution < 1.29 is 13.2 Å². The molecule has 0 saturated carbocycles. The van der Waals surface area contributed by atoms with Crippen LogP contribution in [0.4, 0.5) is 18.9 Å². The molecule has 0 bridgehead atoms. The monoisotopic (exact) mass is 316 g/mol. The van der Waals surface area contributed by atoms with Crippen molar-refractivity contribution in [2.24, 2.45) is 0 Å². The fourth-order valence-electron chi connectivity index (χ4n) is 2.83. The number of nitrogens with zero attached hydrogens (tertiary/aromatic N) is 2. The van der Waals surface area contributed by atoms with E-state index in [0.717, 1.165) is 0 Å². The molecular formula is C18H15F3N2. The minimum atomic E-state index is -2.65. The van der Waals surface area contributed by atoms with Gasteiger partial charge in [0.15, 0.2) is 0 Å². The Balaban J connectivity index is 1.98. The summed E-state index contributed by atoms with van der Waals surface area (Å²) >= 11 is 0. The number of benzene rings is 2. The Morgan fingerprint density at radius 2 is 1.74 bits per heavy atom. The maximum Gasteiger partial charge on any atom is 0.251 e. The lowest BCUT2D eigenvalue weighted by atomic mass is 9.99. The molecule has 1 aliphatic heterocycles. The third-order valence-corrected chi connectivity index (χ3v) is 4.14. The highest BCUT2D eigenvalue weighted by molar-refractivity contribution is 5.73. The predicted octanol–water partition coefficient (Wildman–Crippen LogP) is 4.60. The molecule has 2 aromatic carbocycles. The molecule has 0 amide bonds. The zero-order valence-corrected chi connectivity index (χ0v) is 12.4. The van der Waals surface area contributed by atoms with Crippen LogP contribution in [0.15, 0.2) is 42.5 Å². The van der Waals surface area contributed by atoms with Crippen LogP contribution in [-0.2, 0) is 0 Å². The smallest absolute Gasteiger partial charge is 0.251 e. The van der Waals surface area contributed by atoms with Gasteiger partial charge in [0, 0.05) is 31.5 Å². The van der Waals surface area contributed by atoms with E-state index in [1.807, 2.05) is 0 Å². The molecule has 2 aromatic rings. The first-order valence-corrected chi connectivity index (χ1v) is 7.42. The van der Waals surface area contributed by atoms with Gasteiger partial charge in [-0.1, -0.05) is 24.3 Å². The molecule has 0 aromatic heterocycles. The van der Waals surface area contributed by atoms with Crippen molar-refractivity contribution in [3.05, 3.63) is 53.8 Å². The van der Waals surface area contributed by atoms with Gasteiger partial charge in [0.05, 0.1) is 11.3 Å². The minimum Gasteiger partial charge on any atom is -0.370 e. The number of alkyl halides is 2. The molecule has 0 radical (unpaired) electrons. The minimum absolute atomic E-state index is 0.183. The van der Waals surface area contributed by atoms with Crippen LogP contribution in [-0.4, -0.2) is 19.0 Å². The molecule has 3 rings (SSSR count). The lowest BCUT2D eigenvalue weighted by Gasteiger charge is -2.34. The predicted molar refractivity (Wildman–Crippen MR) is 82.9 cm³/mol. The Kier molecular flexibility index (Phi) is 3.99. The van der Waals surface area contributed by atoms with Gasteiger partial charge in [-0.2, -0.15) is 5.26 Å². The fourth-order valence-corrected chi connectivity index (χ4v) is 2.83. The van der Waals surface area contributed by atoms with E-state index < -0.39 is 5.92 Å². The highest BCUT2D eigenvalue weighted by atomic mass is 19.3. The second-order valence-electron chi connectivity index (χ2n) is 5.67. The van der Waals surface area contributed by atoms with Gasteiger partial charge in [0.1, 0.15) is 11.9 Å². The van der Waals surface area contributed by atoms with Gasteiger partial charge in [0.2, 0.25) is 0 Å². The summed E-state index contributed by atoms with van der Waals surface area (Å²) < 4.78 is 40.6. The summed E-state index contributed by atoms with van der Waals surface area (Å²) in [5.41, 5.74) is 2.06. The first kappa shape index (κ1) is 15.4. The highest BCUT2D eigenvalue weighted by Gasteiger charge is 2.34. The van der Waals surface area contributed by atoms with E-state index in [0.29, 0.717) is 22.4 Å². The van der Waals surface area contributed by atoms with Crippen molar-refractivity contribution >= 4 is 5.69 Å². The Hall–Kier alpha value is -2.48. The molecule has 0 aliphatic carbocycles. The molecule has 0 atom stereocenters. The molecule has 118 valence electrons. The number of anilines is 1. The summed E-state index contributed by atoms with van der Waals surface area (Å²) in [7, 11) is 0. The van der Waals surface area contributed by atoms with Crippen molar-refractivity contribution in [1.82, 2.24) is 0 Å². The number of nitriles is 1. The lowest BCUT2D eigenvalue weighted by molar-refractivity contribution is -0.0220. The van der Waals surface area contributed by atoms with E-state index in [1.54, 1.807) is 41.3 Å². The molecule has 1 saturated heterocycles. The van der Waals surface area contributed by atoms with Gasteiger partial charge < -0.3 is 4.90 Å². The van der Waals surface area contributed by atoms with Gasteiger partial charge in [-0.3, -0.25) is 0 Å². The second kappa shape index (κ2) is 5.96. The quantitative estimate of drug-likeness (QED) is 0.809. The molecular weight excluding hydrogens is 301 g/mol. The van der Waals surface area contributed by atoms with E-state index in [4.69, 9.17) is 0 Å². The van der Waals surface area contributed by atoms with Crippen LogP contribution in [0.2, 0.25) is 0 Å². The largest absolute Gasteiger partial charge is 0.370 e. The Bertz CT molecular complexity index is 755. The summed E-state index contributed by atoms with van der Waals surface area (Å²) in [6.45, 7) is 0.366. The summed E-state index contributed by atoms with van der Waals surface area (Å²) in [4.78, 5) is 1.78. The van der Waals surface area contributed by atoms with Gasteiger partial charge >= 0.3 is 0 Å². The number of hydrogen-bond acceptors (Lipinski definition) is 2. The third kappa shape index (κ3) is 3.16. The maximum atomic E-state index is 14.0. The fraction of sp³-hybridized carbons (Fsp3) is 0.278. The van der Waals surface area contributed by atoms with Crippen LogP contribution < -0.4 is 4.90 Å². The SMILES string of the molecule is N#Cc1ccc(-c2ccccc2F)cc1N1CCC(F)(F)CC1. The van der Waals surface area contributed by atoms with E-state index in [2.05, 4.69) is 6.07 Å². The highest BCUT2D eigenvalue weighted by Crippen LogP contribution is 2.34. The maximum absolute atomic E-state index is 14.0. The summed E-state index contributed by atoms with van der Waals surface area (Å²) in [6.07, 6.45) is -0.469. The van der Waals surface area contributed by atoms with Gasteiger partial charge in [-0.25, -0.2) is 13.2 Å². The number of piperidine rings is 1. The van der Waals surface area contributed by atoms with Crippen LogP contribution in [0.5, 0.6) is 0 Å². The first-order chi connectivity index (χ1) is 11.0. The molecule has 23 heavy (non-hydrogen) atoms. The third-order valence-electron chi connectivity index (χ3n) is 4.14. The Labute approximate surface area is 132 Å². The van der Waals surface area contributed by atoms with Crippen LogP contribution >= 0.6 is 0 Å². The lowest BCUT2D eigenvalue weighted by Crippen LogP contribution is -2.39. The van der Waals surface area contributed by atoms with Crippen LogP contribution in [0.1, 0.15) is 18.4 Å². The first-order valence-electron chi connectivity index (χ1n) is 7.42. The molecule has 1 aliphatic rings. The zero-order chi connectivity index (χ0) is 16.4. The summed E-state index contributed by atoms with van der Waals surface area (Å²) in [6, 6.07) is 13.5. The topological polar surface area (TPSA) is 27.0 Å². The van der Waals surface area contributed by atoms with Crippen molar-refractivity contribution in [2.45, 2.75) is 18.8 Å². The molecule has 0 unspecified atom stereocenters. The van der Waals surface area contributed by atoms with Crippen LogP contribution in [0.3, 0.4) is 0 Å². The standard InChI is InChI=1S/C18H15F3N2/c19-16-4-2-1-3-15(16)13-5-6-14(12-22)17(11-13)23-9-7-18(20,21)8-10-23/h1-6,11H,7-10H2. The van der Waals surface area contributed by atoms with Crippen molar-refractivity contribution in [3.8, 4) is 17.2 Å². The molecule has 1 heterocycles. The average molecular weight is 316 g/mol. The molecule has 0 N–H and O–H groups in total. The van der Waals surface area contributed by atoms with Crippen LogP contribution in [0, 0.1) is 17.1 Å². The van der Waals surface area contributed by atoms with Crippen LogP contribution in [0.25, 0.3) is 11.1 Å². The van der Waals surface area contributed by atoms with Crippen molar-refractivity contribution in [2.75, 3.05) is 18.0 Å². The van der Waals surface area contributed by atoms with E-state index in [9.17, 15) is 18.4 Å². The number of halogens is 3. The molecule has 0 spiro atoms. The normalized spacial score (nSPS) is 16.9. The Morgan fingerprint density at radius 1 is 1.04 bits per heavy atom. The van der Waals surface area contributed by atoms with Gasteiger partial charge in [-0.15, -0.1) is 0 Å². The van der Waals surface area contributed by atoms with E-state index in [1.165, 1.54) is 6.07 Å². The number of rotatable bonds is 2. The molecule has 2 nitrogen and oxygen atoms in total.